The van der Waals surface area contributed by atoms with E-state index in [0.29, 0.717) is 19.0 Å². The number of nitrogens with one attached hydrogen (secondary N) is 4. The van der Waals surface area contributed by atoms with Gasteiger partial charge in [0.2, 0.25) is 15.9 Å². The first-order valence-electron chi connectivity index (χ1n) is 12.0. The van der Waals surface area contributed by atoms with Crippen LogP contribution in [0.2, 0.25) is 0 Å². The van der Waals surface area contributed by atoms with Crippen molar-refractivity contribution < 1.29 is 13.2 Å². The van der Waals surface area contributed by atoms with Crippen molar-refractivity contribution in [2.45, 2.75) is 68.1 Å². The Morgan fingerprint density at radius 1 is 1.06 bits per heavy atom. The second-order valence-corrected chi connectivity index (χ2v) is 11.5. The highest BCUT2D eigenvalue weighted by atomic mass is 32.2. The third-order valence-electron chi connectivity index (χ3n) is 7.46. The van der Waals surface area contributed by atoms with Crippen LogP contribution in [0.15, 0.2) is 29.2 Å². The Labute approximate surface area is 195 Å². The fraction of sp³-hybridized carbons (Fsp3) is 0.652. The summed E-state index contributed by atoms with van der Waals surface area (Å²) in [6, 6.07) is 9.27. The number of hydrogen-bond acceptors (Lipinski definition) is 7. The van der Waals surface area contributed by atoms with Gasteiger partial charge in [0.25, 0.3) is 0 Å². The maximum absolute atomic E-state index is 12.8. The maximum Gasteiger partial charge on any atom is 0.240 e. The van der Waals surface area contributed by atoms with Gasteiger partial charge in [0.15, 0.2) is 0 Å². The lowest BCUT2D eigenvalue weighted by atomic mass is 9.83. The molecule has 33 heavy (non-hydrogen) atoms. The minimum atomic E-state index is -3.52. The van der Waals surface area contributed by atoms with Crippen LogP contribution in [0.25, 0.3) is 0 Å². The van der Waals surface area contributed by atoms with Crippen LogP contribution in [-0.2, 0) is 14.8 Å². The summed E-state index contributed by atoms with van der Waals surface area (Å²) in [6.07, 6.45) is 6.68. The molecular weight excluding hydrogens is 440 g/mol. The number of nitrogens with zero attached hydrogens (tertiary/aromatic N) is 2. The number of piperidine rings is 1. The molecule has 0 radical (unpaired) electrons. The maximum atomic E-state index is 12.8. The van der Waals surface area contributed by atoms with E-state index in [1.165, 1.54) is 0 Å². The largest absolute Gasteiger partial charge is 0.368 e. The highest BCUT2D eigenvalue weighted by Gasteiger charge is 2.51. The molecule has 2 aliphatic heterocycles. The van der Waals surface area contributed by atoms with Crippen molar-refractivity contribution in [2.75, 3.05) is 18.4 Å². The van der Waals surface area contributed by atoms with Crippen molar-refractivity contribution in [3.8, 4) is 6.07 Å². The summed E-state index contributed by atoms with van der Waals surface area (Å²) >= 11 is 0. The number of anilines is 1. The Kier molecular flexibility index (Phi) is 6.31. The highest BCUT2D eigenvalue weighted by Crippen LogP contribution is 2.36. The van der Waals surface area contributed by atoms with Crippen LogP contribution in [-0.4, -0.2) is 50.7 Å². The minimum Gasteiger partial charge on any atom is -0.368 e. The molecule has 3 unspecified atom stereocenters. The van der Waals surface area contributed by atoms with Gasteiger partial charge in [-0.25, -0.2) is 23.6 Å². The second kappa shape index (κ2) is 9.22. The number of fused-ring (bicyclic) bond motifs is 1. The van der Waals surface area contributed by atoms with E-state index in [1.807, 2.05) is 0 Å². The predicted octanol–water partition coefficient (Wildman–Crippen LogP) is 1.52. The molecule has 5 rings (SSSR count). The molecule has 10 heteroatoms. The second-order valence-electron chi connectivity index (χ2n) is 9.74. The van der Waals surface area contributed by atoms with Crippen LogP contribution in [0, 0.1) is 29.1 Å². The van der Waals surface area contributed by atoms with Gasteiger partial charge in [-0.05, 0) is 62.3 Å². The van der Waals surface area contributed by atoms with Crippen LogP contribution in [0.4, 0.5) is 5.69 Å². The zero-order chi connectivity index (χ0) is 23.0. The number of rotatable bonds is 7. The van der Waals surface area contributed by atoms with Gasteiger partial charge in [-0.1, -0.05) is 12.8 Å². The first-order chi connectivity index (χ1) is 16.0. The Morgan fingerprint density at radius 3 is 2.55 bits per heavy atom. The fourth-order valence-electron chi connectivity index (χ4n) is 5.44. The quantitative estimate of drug-likeness (QED) is 0.474. The molecule has 4 fully saturated rings. The molecular formula is C23H32N6O3S. The number of benzene rings is 1. The molecule has 2 heterocycles. The summed E-state index contributed by atoms with van der Waals surface area (Å²) in [5, 5.41) is 18.2. The van der Waals surface area contributed by atoms with Crippen LogP contribution >= 0.6 is 0 Å². The summed E-state index contributed by atoms with van der Waals surface area (Å²) in [4.78, 5) is 13.0. The highest BCUT2D eigenvalue weighted by molar-refractivity contribution is 7.89. The molecule has 0 spiro atoms. The molecule has 0 bridgehead atoms. The molecule has 2 aliphatic carbocycles. The molecule has 5 atom stereocenters. The number of amides is 1. The normalized spacial score (nSPS) is 32.6. The van der Waals surface area contributed by atoms with Gasteiger partial charge in [0.05, 0.1) is 22.8 Å². The smallest absolute Gasteiger partial charge is 0.240 e. The molecule has 9 nitrogen and oxygen atoms in total. The van der Waals surface area contributed by atoms with Gasteiger partial charge in [-0.15, -0.1) is 0 Å². The molecule has 2 saturated heterocycles. The van der Waals surface area contributed by atoms with E-state index >= 15 is 0 Å². The predicted molar refractivity (Wildman–Crippen MR) is 123 cm³/mol. The zero-order valence-corrected chi connectivity index (χ0v) is 19.5. The Hall–Kier alpha value is -2.19. The van der Waals surface area contributed by atoms with Gasteiger partial charge in [-0.3, -0.25) is 4.79 Å². The van der Waals surface area contributed by atoms with E-state index in [1.54, 1.807) is 24.3 Å². The van der Waals surface area contributed by atoms with E-state index in [0.717, 1.165) is 50.6 Å². The fourth-order valence-corrected chi connectivity index (χ4v) is 6.56. The van der Waals surface area contributed by atoms with Crippen LogP contribution in [0.3, 0.4) is 0 Å². The van der Waals surface area contributed by atoms with Gasteiger partial charge >= 0.3 is 0 Å². The van der Waals surface area contributed by atoms with E-state index in [-0.39, 0.29) is 40.9 Å². The van der Waals surface area contributed by atoms with E-state index in [9.17, 15) is 18.5 Å². The van der Waals surface area contributed by atoms with Gasteiger partial charge < -0.3 is 10.6 Å². The molecule has 4 aliphatic rings. The summed E-state index contributed by atoms with van der Waals surface area (Å²) in [7, 11) is -3.52. The Bertz CT molecular complexity index is 1020. The number of carbonyl (C=O) groups is 1. The van der Waals surface area contributed by atoms with Crippen LogP contribution < -0.4 is 20.8 Å². The minimum absolute atomic E-state index is 0.00606. The number of hydrazine groups is 1. The number of sulfonamides is 1. The average molecular weight is 473 g/mol. The van der Waals surface area contributed by atoms with Crippen molar-refractivity contribution >= 4 is 21.6 Å². The van der Waals surface area contributed by atoms with Crippen molar-refractivity contribution in [1.82, 2.24) is 20.5 Å². The Balaban J connectivity index is 1.31. The Morgan fingerprint density at radius 2 is 1.82 bits per heavy atom. The van der Waals surface area contributed by atoms with Crippen molar-refractivity contribution in [2.24, 2.45) is 17.8 Å². The molecule has 2 saturated carbocycles. The summed E-state index contributed by atoms with van der Waals surface area (Å²) in [5.74, 6) is 0.148. The lowest BCUT2D eigenvalue weighted by Crippen LogP contribution is -2.54. The third kappa shape index (κ3) is 4.73. The first kappa shape index (κ1) is 22.6. The summed E-state index contributed by atoms with van der Waals surface area (Å²) in [5.41, 5.74) is 4.25. The molecule has 178 valence electrons. The van der Waals surface area contributed by atoms with E-state index < -0.39 is 10.0 Å². The number of hydrogen-bond donors (Lipinski definition) is 4. The zero-order valence-electron chi connectivity index (χ0n) is 18.7. The van der Waals surface area contributed by atoms with Crippen LogP contribution in [0.5, 0.6) is 0 Å². The van der Waals surface area contributed by atoms with Crippen molar-refractivity contribution in [1.29, 1.82) is 5.26 Å². The lowest BCUT2D eigenvalue weighted by molar-refractivity contribution is -0.128. The average Bonchev–Trinajstić information content (AvgIpc) is 3.59. The number of nitriles is 1. The monoisotopic (exact) mass is 472 g/mol. The summed E-state index contributed by atoms with van der Waals surface area (Å²) in [6.45, 7) is 1.13. The van der Waals surface area contributed by atoms with E-state index in [2.05, 4.69) is 31.9 Å². The SMILES string of the molecule is N#C[C@H]1CCCC[C@@H]1N1NC(Nc2ccc(S(=O)(=O)NCC3CC3)cc2)C2C(=O)NCCC21. The molecule has 4 N–H and O–H groups in total. The number of carbonyl (C=O) groups excluding carboxylic acids is 1. The lowest BCUT2D eigenvalue weighted by Gasteiger charge is -2.39. The molecule has 0 aromatic heterocycles. The van der Waals surface area contributed by atoms with Crippen molar-refractivity contribution in [3.63, 3.8) is 0 Å². The topological polar surface area (TPSA) is 126 Å². The molecule has 1 amide bonds. The van der Waals surface area contributed by atoms with E-state index in [4.69, 9.17) is 0 Å². The first-order valence-corrected chi connectivity index (χ1v) is 13.5. The van der Waals surface area contributed by atoms with Gasteiger partial charge in [0, 0.05) is 30.9 Å². The van der Waals surface area contributed by atoms with Crippen LogP contribution in [0.1, 0.15) is 44.9 Å². The third-order valence-corrected chi connectivity index (χ3v) is 8.90. The summed E-state index contributed by atoms with van der Waals surface area (Å²) < 4.78 is 27.7. The van der Waals surface area contributed by atoms with Gasteiger partial charge in [0.1, 0.15) is 6.17 Å². The standard InChI is InChI=1S/C23H32N6O3S/c24-13-16-3-1-2-4-19(16)29-20-11-12-25-23(30)21(20)22(28-29)27-17-7-9-18(10-8-17)33(31,32)26-14-15-5-6-15/h7-10,15-16,19-22,26-28H,1-6,11-12,14H2,(H,25,30)/t16-,19+,20?,21?,22?/m1/s1. The van der Waals surface area contributed by atoms with Crippen molar-refractivity contribution in [3.05, 3.63) is 24.3 Å². The van der Waals surface area contributed by atoms with Gasteiger partial charge in [-0.2, -0.15) is 5.26 Å². The molecule has 1 aromatic carbocycles. The molecule has 1 aromatic rings.